The fourth-order valence-electron chi connectivity index (χ4n) is 6.41. The first-order valence-corrected chi connectivity index (χ1v) is 13.8. The highest BCUT2D eigenvalue weighted by atomic mass is 14.3. The van der Waals surface area contributed by atoms with Gasteiger partial charge in [0.25, 0.3) is 0 Å². The Hall–Kier alpha value is -2.07. The highest BCUT2D eigenvalue weighted by Crippen LogP contribution is 2.39. The summed E-state index contributed by atoms with van der Waals surface area (Å²) in [5.74, 6) is 3.37. The van der Waals surface area contributed by atoms with Crippen molar-refractivity contribution >= 4 is 0 Å². The summed E-state index contributed by atoms with van der Waals surface area (Å²) in [5.41, 5.74) is 5.32. The summed E-state index contributed by atoms with van der Waals surface area (Å²) in [6.45, 7) is 2.31. The Balaban J connectivity index is 1.17. The van der Waals surface area contributed by atoms with Gasteiger partial charge in [-0.2, -0.15) is 5.26 Å². The summed E-state index contributed by atoms with van der Waals surface area (Å²) in [6.07, 6.45) is 19.2. The van der Waals surface area contributed by atoms with Gasteiger partial charge < -0.3 is 0 Å². The topological polar surface area (TPSA) is 23.8 Å². The third-order valence-electron chi connectivity index (χ3n) is 8.71. The summed E-state index contributed by atoms with van der Waals surface area (Å²) < 4.78 is 0. The van der Waals surface area contributed by atoms with E-state index in [0.717, 1.165) is 23.3 Å². The normalized spacial score (nSPS) is 25.5. The van der Waals surface area contributed by atoms with Crippen LogP contribution in [0.4, 0.5) is 0 Å². The monoisotopic (exact) mass is 441 g/mol. The van der Waals surface area contributed by atoms with Crippen LogP contribution in [0.3, 0.4) is 0 Å². The van der Waals surface area contributed by atoms with Crippen molar-refractivity contribution < 1.29 is 0 Å². The largest absolute Gasteiger partial charge is 0.192 e. The second kappa shape index (κ2) is 12.4. The van der Waals surface area contributed by atoms with E-state index >= 15 is 0 Å². The van der Waals surface area contributed by atoms with Crippen molar-refractivity contribution in [2.45, 2.75) is 109 Å². The third-order valence-corrected chi connectivity index (χ3v) is 8.71. The average molecular weight is 442 g/mol. The van der Waals surface area contributed by atoms with Gasteiger partial charge in [-0.25, -0.2) is 0 Å². The maximum absolute atomic E-state index is 9.00. The van der Waals surface area contributed by atoms with E-state index in [4.69, 9.17) is 5.26 Å². The maximum Gasteiger partial charge on any atom is 0.0991 e. The van der Waals surface area contributed by atoms with Gasteiger partial charge in [-0.05, 0) is 117 Å². The fraction of sp³-hybridized carbons (Fsp3) is 0.594. The molecule has 2 aromatic carbocycles. The van der Waals surface area contributed by atoms with Crippen molar-refractivity contribution in [1.29, 1.82) is 5.26 Å². The van der Waals surface area contributed by atoms with Crippen molar-refractivity contribution in [2.24, 2.45) is 11.8 Å². The van der Waals surface area contributed by atoms with Crippen LogP contribution in [0.2, 0.25) is 0 Å². The first-order valence-electron chi connectivity index (χ1n) is 13.8. The van der Waals surface area contributed by atoms with Gasteiger partial charge in [-0.15, -0.1) is 0 Å². The molecule has 2 aliphatic carbocycles. The molecular formula is C32H43N. The van der Waals surface area contributed by atoms with Gasteiger partial charge in [-0.3, -0.25) is 0 Å². The van der Waals surface area contributed by atoms with E-state index in [1.54, 1.807) is 5.56 Å². The van der Waals surface area contributed by atoms with Crippen molar-refractivity contribution in [3.05, 3.63) is 70.8 Å². The minimum absolute atomic E-state index is 0.690. The standard InChI is InChI=1S/C32H43N/c1-2-3-4-5-25-8-16-29(17-9-25)30-18-10-26(11-19-30)6-7-27-12-20-31(21-13-27)32-22-14-28(24-33)15-23-32/h10-11,14-15,18-19,22-23,25,27,29,31H,2-9,12-13,16-17,20-21H2,1H3/t25-,27-,29-,31-. The van der Waals surface area contributed by atoms with Crippen LogP contribution in [0.25, 0.3) is 0 Å². The van der Waals surface area contributed by atoms with E-state index in [1.807, 2.05) is 12.1 Å². The third kappa shape index (κ3) is 6.96. The zero-order valence-corrected chi connectivity index (χ0v) is 20.8. The Kier molecular flexibility index (Phi) is 9.05. The van der Waals surface area contributed by atoms with Crippen LogP contribution in [-0.2, 0) is 6.42 Å². The number of hydrogen-bond acceptors (Lipinski definition) is 1. The quantitative estimate of drug-likeness (QED) is 0.356. The molecule has 0 heterocycles. The van der Waals surface area contributed by atoms with Crippen LogP contribution in [0.1, 0.15) is 124 Å². The zero-order valence-electron chi connectivity index (χ0n) is 20.8. The Bertz CT molecular complexity index is 856. The van der Waals surface area contributed by atoms with E-state index in [9.17, 15) is 0 Å². The van der Waals surface area contributed by atoms with Crippen molar-refractivity contribution in [3.63, 3.8) is 0 Å². The molecule has 0 unspecified atom stereocenters. The van der Waals surface area contributed by atoms with Gasteiger partial charge in [0.15, 0.2) is 0 Å². The SMILES string of the molecule is CCCCC[C@H]1CC[C@H](c2ccc(CC[C@H]3CC[C@H](c4ccc(C#N)cc4)CC3)cc2)CC1. The molecule has 0 aromatic heterocycles. The number of nitriles is 1. The molecule has 33 heavy (non-hydrogen) atoms. The van der Waals surface area contributed by atoms with Crippen LogP contribution < -0.4 is 0 Å². The Morgan fingerprint density at radius 2 is 1.18 bits per heavy atom. The zero-order chi connectivity index (χ0) is 22.9. The number of unbranched alkanes of at least 4 members (excludes halogenated alkanes) is 2. The average Bonchev–Trinajstić information content (AvgIpc) is 2.89. The first kappa shape index (κ1) is 24.1. The molecule has 0 radical (unpaired) electrons. The van der Waals surface area contributed by atoms with Gasteiger partial charge in [0.2, 0.25) is 0 Å². The van der Waals surface area contributed by atoms with Crippen LogP contribution in [0.15, 0.2) is 48.5 Å². The molecule has 2 fully saturated rings. The Labute approximate surface area is 202 Å². The van der Waals surface area contributed by atoms with E-state index < -0.39 is 0 Å². The summed E-state index contributed by atoms with van der Waals surface area (Å²) >= 11 is 0. The lowest BCUT2D eigenvalue weighted by Gasteiger charge is -2.29. The first-order chi connectivity index (χ1) is 16.2. The molecule has 0 spiro atoms. The Morgan fingerprint density at radius 3 is 1.70 bits per heavy atom. The lowest BCUT2D eigenvalue weighted by atomic mass is 9.76. The highest BCUT2D eigenvalue weighted by Gasteiger charge is 2.23. The molecule has 0 saturated heterocycles. The number of benzene rings is 2. The molecule has 0 bridgehead atoms. The van der Waals surface area contributed by atoms with Gasteiger partial charge in [0.05, 0.1) is 11.6 Å². The van der Waals surface area contributed by atoms with Gasteiger partial charge in [0, 0.05) is 0 Å². The minimum Gasteiger partial charge on any atom is -0.192 e. The predicted molar refractivity (Wildman–Crippen MR) is 139 cm³/mol. The molecule has 0 N–H and O–H groups in total. The highest BCUT2D eigenvalue weighted by molar-refractivity contribution is 5.33. The summed E-state index contributed by atoms with van der Waals surface area (Å²) in [5, 5.41) is 9.00. The van der Waals surface area contributed by atoms with Crippen LogP contribution >= 0.6 is 0 Å². The molecule has 1 nitrogen and oxygen atoms in total. The summed E-state index contributed by atoms with van der Waals surface area (Å²) in [4.78, 5) is 0. The fourth-order valence-corrected chi connectivity index (χ4v) is 6.41. The van der Waals surface area contributed by atoms with E-state index in [-0.39, 0.29) is 0 Å². The summed E-state index contributed by atoms with van der Waals surface area (Å²) in [6, 6.07) is 20.3. The van der Waals surface area contributed by atoms with Crippen LogP contribution in [0, 0.1) is 23.2 Å². The molecule has 1 heteroatoms. The van der Waals surface area contributed by atoms with E-state index in [0.29, 0.717) is 5.92 Å². The molecule has 0 aliphatic heterocycles. The number of hydrogen-bond donors (Lipinski definition) is 0. The molecule has 0 atom stereocenters. The van der Waals surface area contributed by atoms with Crippen LogP contribution in [-0.4, -0.2) is 0 Å². The predicted octanol–water partition coefficient (Wildman–Crippen LogP) is 9.32. The van der Waals surface area contributed by atoms with Gasteiger partial charge in [0.1, 0.15) is 0 Å². The maximum atomic E-state index is 9.00. The van der Waals surface area contributed by atoms with Gasteiger partial charge in [-0.1, -0.05) is 69.0 Å². The molecule has 2 aromatic rings. The molecule has 0 amide bonds. The Morgan fingerprint density at radius 1 is 0.667 bits per heavy atom. The number of rotatable bonds is 9. The summed E-state index contributed by atoms with van der Waals surface area (Å²) in [7, 11) is 0. The van der Waals surface area contributed by atoms with Crippen LogP contribution in [0.5, 0.6) is 0 Å². The van der Waals surface area contributed by atoms with Crippen molar-refractivity contribution in [3.8, 4) is 6.07 Å². The molecule has 2 saturated carbocycles. The second-order valence-electron chi connectivity index (χ2n) is 10.9. The lowest BCUT2D eigenvalue weighted by Crippen LogP contribution is -2.14. The molecule has 4 rings (SSSR count). The molecule has 176 valence electrons. The number of nitrogens with zero attached hydrogens (tertiary/aromatic N) is 1. The lowest BCUT2D eigenvalue weighted by molar-refractivity contribution is 0.302. The second-order valence-corrected chi connectivity index (χ2v) is 10.9. The van der Waals surface area contributed by atoms with Crippen molar-refractivity contribution in [2.75, 3.05) is 0 Å². The smallest absolute Gasteiger partial charge is 0.0991 e. The molecule has 2 aliphatic rings. The molecular weight excluding hydrogens is 398 g/mol. The number of aryl methyl sites for hydroxylation is 1. The van der Waals surface area contributed by atoms with E-state index in [2.05, 4.69) is 49.4 Å². The minimum atomic E-state index is 0.690. The van der Waals surface area contributed by atoms with Gasteiger partial charge >= 0.3 is 0 Å². The van der Waals surface area contributed by atoms with E-state index in [1.165, 1.54) is 101 Å². The van der Waals surface area contributed by atoms with Crippen molar-refractivity contribution in [1.82, 2.24) is 0 Å².